The van der Waals surface area contributed by atoms with Crippen LogP contribution in [0, 0.1) is 0 Å². The number of unbranched alkanes of at least 4 members (excludes halogenated alkanes) is 3. The molecule has 1 unspecified atom stereocenters. The molecule has 0 aliphatic rings. The van der Waals surface area contributed by atoms with Crippen LogP contribution in [0.4, 0.5) is 0 Å². The topological polar surface area (TPSA) is 56.3 Å². The monoisotopic (exact) mass is 321 g/mol. The van der Waals surface area contributed by atoms with Crippen LogP contribution in [-0.4, -0.2) is 19.5 Å². The van der Waals surface area contributed by atoms with Gasteiger partial charge in [-0.15, -0.1) is 0 Å². The molecule has 4 nitrogen and oxygen atoms in total. The van der Waals surface area contributed by atoms with E-state index < -0.39 is 10.1 Å². The minimum Gasteiger partial charge on any atom is -0.263 e. The van der Waals surface area contributed by atoms with Gasteiger partial charge in [-0.2, -0.15) is 8.42 Å². The molecule has 1 atom stereocenters. The van der Waals surface area contributed by atoms with E-state index in [9.17, 15) is 8.42 Å². The van der Waals surface area contributed by atoms with Crippen LogP contribution < -0.4 is 0 Å². The Kier molecular flexibility index (Phi) is 5.91. The van der Waals surface area contributed by atoms with Crippen molar-refractivity contribution in [1.29, 1.82) is 0 Å². The molecule has 0 saturated heterocycles. The molecule has 120 valence electrons. The lowest BCUT2D eigenvalue weighted by Crippen LogP contribution is -2.16. The molecule has 0 amide bonds. The Morgan fingerprint density at radius 1 is 1.14 bits per heavy atom. The summed E-state index contributed by atoms with van der Waals surface area (Å²) in [4.78, 5) is 4.33. The first kappa shape index (κ1) is 16.9. The smallest absolute Gasteiger partial charge is 0.263 e. The third-order valence-electron chi connectivity index (χ3n) is 3.62. The van der Waals surface area contributed by atoms with Crippen molar-refractivity contribution < 1.29 is 12.6 Å². The Morgan fingerprint density at radius 2 is 1.91 bits per heavy atom. The number of pyridine rings is 1. The number of para-hydroxylation sites is 1. The lowest BCUT2D eigenvalue weighted by atomic mass is 10.1. The second kappa shape index (κ2) is 7.70. The molecular weight excluding hydrogens is 298 g/mol. The summed E-state index contributed by atoms with van der Waals surface area (Å²) in [5, 5.41) is 0.794. The standard InChI is InChI=1S/C17H23NO3S/c1-3-4-5-6-9-14(2)21-22(19,20)16-12-7-10-15-11-8-13-18-17(15)16/h7-8,10-14H,3-6,9H2,1-2H3. The zero-order valence-corrected chi connectivity index (χ0v) is 14.0. The van der Waals surface area contributed by atoms with E-state index in [0.29, 0.717) is 5.52 Å². The third kappa shape index (κ3) is 4.27. The highest BCUT2D eigenvalue weighted by atomic mass is 32.2. The number of hydrogen-bond donors (Lipinski definition) is 0. The molecule has 1 aromatic carbocycles. The van der Waals surface area contributed by atoms with Gasteiger partial charge in [0.05, 0.1) is 11.6 Å². The van der Waals surface area contributed by atoms with Crippen molar-refractivity contribution in [3.05, 3.63) is 36.5 Å². The van der Waals surface area contributed by atoms with Gasteiger partial charge in [-0.05, 0) is 25.5 Å². The van der Waals surface area contributed by atoms with E-state index >= 15 is 0 Å². The van der Waals surface area contributed by atoms with E-state index in [1.807, 2.05) is 19.1 Å². The molecule has 5 heteroatoms. The van der Waals surface area contributed by atoms with Crippen molar-refractivity contribution in [1.82, 2.24) is 4.98 Å². The first-order valence-electron chi connectivity index (χ1n) is 7.81. The van der Waals surface area contributed by atoms with Crippen LogP contribution in [0.25, 0.3) is 10.9 Å². The van der Waals surface area contributed by atoms with Crippen molar-refractivity contribution in [3.63, 3.8) is 0 Å². The van der Waals surface area contributed by atoms with Crippen LogP contribution in [0.1, 0.15) is 46.0 Å². The molecular formula is C17H23NO3S. The van der Waals surface area contributed by atoms with Crippen molar-refractivity contribution in [2.45, 2.75) is 57.0 Å². The van der Waals surface area contributed by atoms with Crippen molar-refractivity contribution in [2.24, 2.45) is 0 Å². The second-order valence-corrected chi connectivity index (χ2v) is 7.08. The Hall–Kier alpha value is -1.46. The summed E-state index contributed by atoms with van der Waals surface area (Å²) in [5.41, 5.74) is 0.461. The summed E-state index contributed by atoms with van der Waals surface area (Å²) in [6.45, 7) is 3.96. The maximum atomic E-state index is 12.5. The molecule has 0 aliphatic heterocycles. The first-order valence-corrected chi connectivity index (χ1v) is 9.22. The maximum Gasteiger partial charge on any atom is 0.299 e. The average molecular weight is 321 g/mol. The lowest BCUT2D eigenvalue weighted by molar-refractivity contribution is 0.214. The predicted octanol–water partition coefficient (Wildman–Crippen LogP) is 4.30. The Morgan fingerprint density at radius 3 is 2.68 bits per heavy atom. The predicted molar refractivity (Wildman–Crippen MR) is 88.2 cm³/mol. The third-order valence-corrected chi connectivity index (χ3v) is 5.07. The molecule has 2 rings (SSSR count). The molecule has 0 spiro atoms. The van der Waals surface area contributed by atoms with Crippen LogP contribution in [0.2, 0.25) is 0 Å². The fourth-order valence-electron chi connectivity index (χ4n) is 2.45. The average Bonchev–Trinajstić information content (AvgIpc) is 2.50. The van der Waals surface area contributed by atoms with Gasteiger partial charge in [0.15, 0.2) is 0 Å². The van der Waals surface area contributed by atoms with Gasteiger partial charge >= 0.3 is 0 Å². The molecule has 0 radical (unpaired) electrons. The zero-order valence-electron chi connectivity index (χ0n) is 13.2. The number of fused-ring (bicyclic) bond motifs is 1. The van der Waals surface area contributed by atoms with Crippen molar-refractivity contribution >= 4 is 21.0 Å². The zero-order chi connectivity index (χ0) is 16.0. The molecule has 0 fully saturated rings. The van der Waals surface area contributed by atoms with Crippen molar-refractivity contribution in [3.8, 4) is 0 Å². The van der Waals surface area contributed by atoms with E-state index in [-0.39, 0.29) is 11.0 Å². The number of benzene rings is 1. The SMILES string of the molecule is CCCCCCC(C)OS(=O)(=O)c1cccc2cccnc12. The Balaban J connectivity index is 2.12. The Labute approximate surface area is 132 Å². The summed E-state index contributed by atoms with van der Waals surface area (Å²) < 4.78 is 30.3. The summed E-state index contributed by atoms with van der Waals surface area (Å²) >= 11 is 0. The first-order chi connectivity index (χ1) is 10.5. The second-order valence-electron chi connectivity index (χ2n) is 5.54. The van der Waals surface area contributed by atoms with Crippen LogP contribution in [-0.2, 0) is 14.3 Å². The fourth-order valence-corrected chi connectivity index (χ4v) is 3.74. The highest BCUT2D eigenvalue weighted by Gasteiger charge is 2.22. The van der Waals surface area contributed by atoms with Crippen LogP contribution in [0.15, 0.2) is 41.4 Å². The number of aromatic nitrogens is 1. The quantitative estimate of drug-likeness (QED) is 0.537. The molecule has 1 heterocycles. The van der Waals surface area contributed by atoms with Gasteiger partial charge in [0.25, 0.3) is 10.1 Å². The van der Waals surface area contributed by atoms with Gasteiger partial charge in [0.1, 0.15) is 4.90 Å². The van der Waals surface area contributed by atoms with Gasteiger partial charge in [0.2, 0.25) is 0 Å². The van der Waals surface area contributed by atoms with E-state index in [1.165, 1.54) is 6.42 Å². The molecule has 22 heavy (non-hydrogen) atoms. The molecule has 0 bridgehead atoms. The van der Waals surface area contributed by atoms with Gasteiger partial charge in [-0.25, -0.2) is 0 Å². The van der Waals surface area contributed by atoms with E-state index in [2.05, 4.69) is 11.9 Å². The van der Waals surface area contributed by atoms with Crippen molar-refractivity contribution in [2.75, 3.05) is 0 Å². The van der Waals surface area contributed by atoms with E-state index in [4.69, 9.17) is 4.18 Å². The van der Waals surface area contributed by atoms with Gasteiger partial charge in [-0.3, -0.25) is 9.17 Å². The lowest BCUT2D eigenvalue weighted by Gasteiger charge is -2.13. The number of rotatable bonds is 8. The van der Waals surface area contributed by atoms with Gasteiger partial charge in [0, 0.05) is 11.6 Å². The van der Waals surface area contributed by atoms with Crippen LogP contribution in [0.5, 0.6) is 0 Å². The molecule has 0 saturated carbocycles. The maximum absolute atomic E-state index is 12.5. The minimum atomic E-state index is -3.79. The molecule has 0 N–H and O–H groups in total. The summed E-state index contributed by atoms with van der Waals surface area (Å²) in [6.07, 6.45) is 6.45. The molecule has 0 aliphatic carbocycles. The summed E-state index contributed by atoms with van der Waals surface area (Å²) in [7, 11) is -3.79. The van der Waals surface area contributed by atoms with Crippen LogP contribution in [0.3, 0.4) is 0 Å². The molecule has 2 aromatic rings. The van der Waals surface area contributed by atoms with Crippen LogP contribution >= 0.6 is 0 Å². The van der Waals surface area contributed by atoms with E-state index in [0.717, 1.165) is 31.1 Å². The fraction of sp³-hybridized carbons (Fsp3) is 0.471. The highest BCUT2D eigenvalue weighted by Crippen LogP contribution is 2.24. The number of hydrogen-bond acceptors (Lipinski definition) is 4. The molecule has 1 aromatic heterocycles. The summed E-state index contributed by atoms with van der Waals surface area (Å²) in [5.74, 6) is 0. The normalized spacial score (nSPS) is 13.4. The largest absolute Gasteiger partial charge is 0.299 e. The number of nitrogens with zero attached hydrogens (tertiary/aromatic N) is 1. The van der Waals surface area contributed by atoms with Gasteiger partial charge in [-0.1, -0.05) is 50.8 Å². The van der Waals surface area contributed by atoms with E-state index in [1.54, 1.807) is 24.4 Å². The van der Waals surface area contributed by atoms with Gasteiger partial charge < -0.3 is 0 Å². The minimum absolute atomic E-state index is 0.144. The Bertz CT molecular complexity index is 707. The summed E-state index contributed by atoms with van der Waals surface area (Å²) in [6, 6.07) is 8.74. The highest BCUT2D eigenvalue weighted by molar-refractivity contribution is 7.87.